The van der Waals surface area contributed by atoms with E-state index in [0.717, 1.165) is 5.76 Å². The van der Waals surface area contributed by atoms with Crippen molar-refractivity contribution < 1.29 is 4.42 Å². The number of furan rings is 1. The Morgan fingerprint density at radius 1 is 1.12 bits per heavy atom. The molecule has 82 valence electrons. The van der Waals surface area contributed by atoms with Crippen LogP contribution in [-0.2, 0) is 0 Å². The minimum atomic E-state index is 0.0419. The lowest BCUT2D eigenvalue weighted by atomic mass is 10.0. The molecule has 2 aromatic rings. The van der Waals surface area contributed by atoms with E-state index in [9.17, 15) is 0 Å². The van der Waals surface area contributed by atoms with Gasteiger partial charge in [0.25, 0.3) is 0 Å². The first-order valence-electron chi connectivity index (χ1n) is 5.70. The van der Waals surface area contributed by atoms with Gasteiger partial charge in [0.05, 0.1) is 12.3 Å². The van der Waals surface area contributed by atoms with Gasteiger partial charge in [-0.25, -0.2) is 0 Å². The van der Waals surface area contributed by atoms with E-state index in [1.807, 2.05) is 18.2 Å². The number of hydrogen-bond acceptors (Lipinski definition) is 2. The fourth-order valence-corrected chi connectivity index (χ4v) is 2.39. The maximum absolute atomic E-state index is 6.18. The molecule has 1 heterocycles. The predicted molar refractivity (Wildman–Crippen MR) is 62.9 cm³/mol. The molecule has 3 rings (SSSR count). The zero-order valence-electron chi connectivity index (χ0n) is 9.04. The Balaban J connectivity index is 1.73. The second-order valence-corrected chi connectivity index (χ2v) is 4.46. The van der Waals surface area contributed by atoms with Crippen molar-refractivity contribution in [3.8, 4) is 0 Å². The van der Waals surface area contributed by atoms with E-state index < -0.39 is 0 Å². The lowest BCUT2D eigenvalue weighted by Gasteiger charge is -2.07. The average Bonchev–Trinajstić information content (AvgIpc) is 2.95. The van der Waals surface area contributed by atoms with Crippen molar-refractivity contribution >= 4 is 0 Å². The topological polar surface area (TPSA) is 39.2 Å². The molecule has 0 aliphatic heterocycles. The first kappa shape index (κ1) is 9.67. The summed E-state index contributed by atoms with van der Waals surface area (Å²) in [5.41, 5.74) is 7.58. The van der Waals surface area contributed by atoms with Crippen LogP contribution in [0.15, 0.2) is 53.1 Å². The molecule has 1 aliphatic rings. The Morgan fingerprint density at radius 3 is 2.62 bits per heavy atom. The zero-order valence-corrected chi connectivity index (χ0v) is 9.04. The number of hydrogen-bond donors (Lipinski definition) is 1. The molecule has 16 heavy (non-hydrogen) atoms. The van der Waals surface area contributed by atoms with Crippen LogP contribution in [-0.4, -0.2) is 0 Å². The van der Waals surface area contributed by atoms with E-state index in [1.165, 1.54) is 12.0 Å². The third kappa shape index (κ3) is 1.65. The van der Waals surface area contributed by atoms with Gasteiger partial charge in [0.2, 0.25) is 0 Å². The fraction of sp³-hybridized carbons (Fsp3) is 0.286. The molecule has 2 nitrogen and oxygen atoms in total. The standard InChI is InChI=1S/C14H15NO/c15-14(13-7-4-8-16-13)12-9-11(12)10-5-2-1-3-6-10/h1-8,11-12,14H,9,15H2/t11-,12+,14-/m0/s1. The highest BCUT2D eigenvalue weighted by atomic mass is 16.3. The molecule has 0 bridgehead atoms. The summed E-state index contributed by atoms with van der Waals surface area (Å²) in [6, 6.07) is 14.5. The molecular formula is C14H15NO. The van der Waals surface area contributed by atoms with Crippen LogP contribution in [0.3, 0.4) is 0 Å². The highest BCUT2D eigenvalue weighted by molar-refractivity contribution is 5.27. The third-order valence-electron chi connectivity index (χ3n) is 3.40. The van der Waals surface area contributed by atoms with E-state index >= 15 is 0 Å². The van der Waals surface area contributed by atoms with Gasteiger partial charge in [-0.3, -0.25) is 0 Å². The lowest BCUT2D eigenvalue weighted by molar-refractivity contribution is 0.439. The smallest absolute Gasteiger partial charge is 0.120 e. The Kier molecular flexibility index (Phi) is 2.29. The molecule has 1 aromatic heterocycles. The van der Waals surface area contributed by atoms with Crippen LogP contribution in [0, 0.1) is 5.92 Å². The third-order valence-corrected chi connectivity index (χ3v) is 3.40. The van der Waals surface area contributed by atoms with Crippen molar-refractivity contribution in [2.75, 3.05) is 0 Å². The summed E-state index contributed by atoms with van der Waals surface area (Å²) in [4.78, 5) is 0. The van der Waals surface area contributed by atoms with Gasteiger partial charge in [0, 0.05) is 0 Å². The van der Waals surface area contributed by atoms with Crippen LogP contribution in [0.1, 0.15) is 29.7 Å². The van der Waals surface area contributed by atoms with Crippen molar-refractivity contribution in [3.05, 3.63) is 60.1 Å². The molecule has 0 amide bonds. The van der Waals surface area contributed by atoms with Gasteiger partial charge in [-0.15, -0.1) is 0 Å². The quantitative estimate of drug-likeness (QED) is 0.851. The molecule has 0 saturated heterocycles. The lowest BCUT2D eigenvalue weighted by Crippen LogP contribution is -2.12. The van der Waals surface area contributed by atoms with Gasteiger partial charge >= 0.3 is 0 Å². The average molecular weight is 213 g/mol. The minimum absolute atomic E-state index is 0.0419. The van der Waals surface area contributed by atoms with E-state index in [4.69, 9.17) is 10.2 Å². The van der Waals surface area contributed by atoms with Crippen LogP contribution in [0.25, 0.3) is 0 Å². The second-order valence-electron chi connectivity index (χ2n) is 4.46. The molecule has 1 saturated carbocycles. The highest BCUT2D eigenvalue weighted by Crippen LogP contribution is 2.53. The van der Waals surface area contributed by atoms with Crippen molar-refractivity contribution in [1.29, 1.82) is 0 Å². The van der Waals surface area contributed by atoms with Gasteiger partial charge in [-0.05, 0) is 36.0 Å². The second kappa shape index (κ2) is 3.80. The molecule has 3 atom stereocenters. The molecule has 0 radical (unpaired) electrons. The fourth-order valence-electron chi connectivity index (χ4n) is 2.39. The molecule has 2 N–H and O–H groups in total. The summed E-state index contributed by atoms with van der Waals surface area (Å²) in [5.74, 6) is 2.05. The van der Waals surface area contributed by atoms with Crippen LogP contribution in [0.4, 0.5) is 0 Å². The normalized spacial score (nSPS) is 25.3. The monoisotopic (exact) mass is 213 g/mol. The molecule has 0 spiro atoms. The van der Waals surface area contributed by atoms with Gasteiger partial charge in [-0.2, -0.15) is 0 Å². The number of nitrogens with two attached hydrogens (primary N) is 1. The summed E-state index contributed by atoms with van der Waals surface area (Å²) in [7, 11) is 0. The van der Waals surface area contributed by atoms with E-state index in [0.29, 0.717) is 11.8 Å². The maximum Gasteiger partial charge on any atom is 0.120 e. The first-order valence-corrected chi connectivity index (χ1v) is 5.70. The van der Waals surface area contributed by atoms with Gasteiger partial charge in [0.15, 0.2) is 0 Å². The number of rotatable bonds is 3. The predicted octanol–water partition coefficient (Wildman–Crippen LogP) is 3.08. The van der Waals surface area contributed by atoms with Crippen molar-refractivity contribution in [3.63, 3.8) is 0 Å². The van der Waals surface area contributed by atoms with Gasteiger partial charge < -0.3 is 10.2 Å². The molecular weight excluding hydrogens is 198 g/mol. The molecule has 2 heteroatoms. The van der Waals surface area contributed by atoms with Gasteiger partial charge in [-0.1, -0.05) is 30.3 Å². The van der Waals surface area contributed by atoms with Crippen LogP contribution < -0.4 is 5.73 Å². The molecule has 1 fully saturated rings. The largest absolute Gasteiger partial charge is 0.468 e. The Bertz CT molecular complexity index is 449. The minimum Gasteiger partial charge on any atom is -0.468 e. The van der Waals surface area contributed by atoms with Crippen LogP contribution in [0.5, 0.6) is 0 Å². The summed E-state index contributed by atoms with van der Waals surface area (Å²) >= 11 is 0. The summed E-state index contributed by atoms with van der Waals surface area (Å²) < 4.78 is 5.36. The Hall–Kier alpha value is -1.54. The van der Waals surface area contributed by atoms with E-state index in [-0.39, 0.29) is 6.04 Å². The first-order chi connectivity index (χ1) is 7.86. The van der Waals surface area contributed by atoms with Crippen LogP contribution >= 0.6 is 0 Å². The van der Waals surface area contributed by atoms with Crippen molar-refractivity contribution in [1.82, 2.24) is 0 Å². The van der Waals surface area contributed by atoms with E-state index in [2.05, 4.69) is 24.3 Å². The molecule has 0 unspecified atom stereocenters. The van der Waals surface area contributed by atoms with Crippen molar-refractivity contribution in [2.45, 2.75) is 18.4 Å². The van der Waals surface area contributed by atoms with Gasteiger partial charge in [0.1, 0.15) is 5.76 Å². The summed E-state index contributed by atoms with van der Waals surface area (Å²) in [6.07, 6.45) is 2.86. The summed E-state index contributed by atoms with van der Waals surface area (Å²) in [6.45, 7) is 0. The Morgan fingerprint density at radius 2 is 1.94 bits per heavy atom. The summed E-state index contributed by atoms with van der Waals surface area (Å²) in [5, 5.41) is 0. The SMILES string of the molecule is N[C@H](c1ccco1)[C@@H]1C[C@H]1c1ccccc1. The molecule has 1 aliphatic carbocycles. The molecule has 1 aromatic carbocycles. The highest BCUT2D eigenvalue weighted by Gasteiger charge is 2.43. The zero-order chi connectivity index (χ0) is 11.0. The van der Waals surface area contributed by atoms with Crippen LogP contribution in [0.2, 0.25) is 0 Å². The number of benzene rings is 1. The maximum atomic E-state index is 6.18. The van der Waals surface area contributed by atoms with Crippen molar-refractivity contribution in [2.24, 2.45) is 11.7 Å². The van der Waals surface area contributed by atoms with E-state index in [1.54, 1.807) is 6.26 Å². The Labute approximate surface area is 95.1 Å².